The van der Waals surface area contributed by atoms with Gasteiger partial charge in [0.15, 0.2) is 0 Å². The minimum absolute atomic E-state index is 0.0958. The van der Waals surface area contributed by atoms with Crippen molar-refractivity contribution in [2.45, 2.75) is 0 Å². The number of halogens is 1. The predicted molar refractivity (Wildman–Crippen MR) is 88.6 cm³/mol. The molecule has 0 N–H and O–H groups in total. The smallest absolute Gasteiger partial charge is 0.268 e. The van der Waals surface area contributed by atoms with Crippen LogP contribution in [0.4, 0.5) is 9.18 Å². The van der Waals surface area contributed by atoms with Gasteiger partial charge in [-0.15, -0.1) is 11.3 Å². The molecule has 1 aliphatic heterocycles. The lowest BCUT2D eigenvalue weighted by atomic mass is 10.1. The molecule has 122 valence electrons. The maximum Gasteiger partial charge on any atom is 0.333 e. The Labute approximate surface area is 141 Å². The lowest BCUT2D eigenvalue weighted by Crippen LogP contribution is -2.52. The quantitative estimate of drug-likeness (QED) is 0.622. The molecule has 0 aliphatic carbocycles. The minimum Gasteiger partial charge on any atom is -0.268 e. The average Bonchev–Trinajstić information content (AvgIpc) is 3.04. The second-order valence-corrected chi connectivity index (χ2v) is 6.37. The van der Waals surface area contributed by atoms with Crippen LogP contribution in [0, 0.1) is 5.82 Å². The van der Waals surface area contributed by atoms with Crippen LogP contribution in [-0.4, -0.2) is 41.7 Å². The van der Waals surface area contributed by atoms with Gasteiger partial charge in [0.1, 0.15) is 11.4 Å². The lowest BCUT2D eigenvalue weighted by molar-refractivity contribution is -0.134. The van der Waals surface area contributed by atoms with Gasteiger partial charge in [0.2, 0.25) is 0 Å². The molecular weight excluding hydrogens is 331 g/mol. The van der Waals surface area contributed by atoms with Crippen LogP contribution in [-0.2, 0) is 9.59 Å². The normalized spacial score (nSPS) is 15.3. The number of amides is 4. The Morgan fingerprint density at radius 3 is 2.21 bits per heavy atom. The Bertz CT molecular complexity index is 861. The number of nitrogens with zero attached hydrogens (tertiary/aromatic N) is 2. The number of urea groups is 1. The van der Waals surface area contributed by atoms with Crippen LogP contribution in [0.2, 0.25) is 0 Å². The van der Waals surface area contributed by atoms with Gasteiger partial charge in [0.25, 0.3) is 11.8 Å². The number of benzene rings is 1. The number of hydrogen-bond acceptors (Lipinski definition) is 4. The molecule has 0 atom stereocenters. The summed E-state index contributed by atoms with van der Waals surface area (Å²) in [5.41, 5.74) is 0.361. The van der Waals surface area contributed by atoms with Crippen LogP contribution in [0.5, 0.6) is 0 Å². The third kappa shape index (κ3) is 2.63. The van der Waals surface area contributed by atoms with E-state index in [4.69, 9.17) is 0 Å². The second kappa shape index (κ2) is 6.01. The molecule has 1 saturated heterocycles. The van der Waals surface area contributed by atoms with Crippen molar-refractivity contribution in [3.8, 4) is 10.4 Å². The molecule has 5 nitrogen and oxygen atoms in total. The number of likely N-dealkylation sites (N-methyl/N-ethyl adjacent to an activating group) is 2. The molecule has 0 saturated carbocycles. The molecule has 1 aliphatic rings. The van der Waals surface area contributed by atoms with Crippen molar-refractivity contribution in [2.75, 3.05) is 14.1 Å². The van der Waals surface area contributed by atoms with Gasteiger partial charge in [0, 0.05) is 29.4 Å². The van der Waals surface area contributed by atoms with Crippen LogP contribution < -0.4 is 0 Å². The van der Waals surface area contributed by atoms with Gasteiger partial charge >= 0.3 is 6.03 Å². The van der Waals surface area contributed by atoms with Crippen molar-refractivity contribution in [1.82, 2.24) is 9.80 Å². The molecule has 0 radical (unpaired) electrons. The summed E-state index contributed by atoms with van der Waals surface area (Å²) in [6, 6.07) is 9.14. The third-order valence-electron chi connectivity index (χ3n) is 3.70. The number of carbonyl (C=O) groups excluding carboxylic acids is 3. The van der Waals surface area contributed by atoms with Crippen molar-refractivity contribution in [3.63, 3.8) is 0 Å². The Hall–Kier alpha value is -2.80. The molecule has 0 unspecified atom stereocenters. The van der Waals surface area contributed by atoms with Crippen molar-refractivity contribution in [1.29, 1.82) is 0 Å². The second-order valence-electron chi connectivity index (χ2n) is 5.25. The van der Waals surface area contributed by atoms with E-state index in [-0.39, 0.29) is 11.4 Å². The van der Waals surface area contributed by atoms with Crippen LogP contribution in [0.1, 0.15) is 4.88 Å². The number of carbonyl (C=O) groups is 3. The van der Waals surface area contributed by atoms with E-state index in [2.05, 4.69) is 0 Å². The standard InChI is InChI=1S/C17H13FN2O3S/c1-19-15(21)12(16(22)20(2)17(19)23)9-10-7-8-14(24-10)11-5-3-4-6-13(11)18/h3-9H,1-2H3. The van der Waals surface area contributed by atoms with E-state index < -0.39 is 17.8 Å². The summed E-state index contributed by atoms with van der Waals surface area (Å²) in [4.78, 5) is 39.1. The zero-order valence-electron chi connectivity index (χ0n) is 12.9. The predicted octanol–water partition coefficient (Wildman–Crippen LogP) is 2.99. The molecule has 7 heteroatoms. The first-order valence-corrected chi connectivity index (χ1v) is 7.88. The zero-order valence-corrected chi connectivity index (χ0v) is 13.8. The van der Waals surface area contributed by atoms with Crippen molar-refractivity contribution in [2.24, 2.45) is 0 Å². The van der Waals surface area contributed by atoms with Crippen LogP contribution >= 0.6 is 11.3 Å². The highest BCUT2D eigenvalue weighted by Crippen LogP contribution is 2.31. The van der Waals surface area contributed by atoms with E-state index in [1.165, 1.54) is 37.6 Å². The summed E-state index contributed by atoms with van der Waals surface area (Å²) in [7, 11) is 2.64. The molecule has 3 rings (SSSR count). The largest absolute Gasteiger partial charge is 0.333 e. The Kier molecular flexibility index (Phi) is 4.02. The van der Waals surface area contributed by atoms with Crippen LogP contribution in [0.3, 0.4) is 0 Å². The molecule has 0 bridgehead atoms. The molecule has 4 amide bonds. The van der Waals surface area contributed by atoms with Gasteiger partial charge < -0.3 is 0 Å². The average molecular weight is 344 g/mol. The highest BCUT2D eigenvalue weighted by atomic mass is 32.1. The summed E-state index contributed by atoms with van der Waals surface area (Å²) in [6.07, 6.45) is 1.43. The van der Waals surface area contributed by atoms with E-state index >= 15 is 0 Å². The van der Waals surface area contributed by atoms with Crippen LogP contribution in [0.25, 0.3) is 16.5 Å². The Balaban J connectivity index is 1.97. The molecule has 0 spiro atoms. The first-order valence-electron chi connectivity index (χ1n) is 7.06. The molecule has 1 aromatic carbocycles. The fourth-order valence-electron chi connectivity index (χ4n) is 2.35. The summed E-state index contributed by atoms with van der Waals surface area (Å²) in [5, 5.41) is 0. The van der Waals surface area contributed by atoms with E-state index in [1.54, 1.807) is 30.3 Å². The van der Waals surface area contributed by atoms with Crippen molar-refractivity contribution in [3.05, 3.63) is 52.7 Å². The molecule has 1 aromatic heterocycles. The molecule has 24 heavy (non-hydrogen) atoms. The van der Waals surface area contributed by atoms with E-state index in [0.29, 0.717) is 15.3 Å². The van der Waals surface area contributed by atoms with E-state index in [1.807, 2.05) is 0 Å². The summed E-state index contributed by atoms with van der Waals surface area (Å²) in [6.45, 7) is 0. The van der Waals surface area contributed by atoms with Gasteiger partial charge in [-0.05, 0) is 24.3 Å². The number of hydrogen-bond donors (Lipinski definition) is 0. The lowest BCUT2D eigenvalue weighted by Gasteiger charge is -2.28. The Morgan fingerprint density at radius 2 is 1.58 bits per heavy atom. The zero-order chi connectivity index (χ0) is 17.4. The molecule has 1 fully saturated rings. The van der Waals surface area contributed by atoms with Gasteiger partial charge in [0.05, 0.1) is 0 Å². The third-order valence-corrected chi connectivity index (χ3v) is 4.76. The molecule has 2 heterocycles. The highest BCUT2D eigenvalue weighted by molar-refractivity contribution is 7.16. The van der Waals surface area contributed by atoms with Gasteiger partial charge in [-0.25, -0.2) is 9.18 Å². The molecular formula is C17H13FN2O3S. The highest BCUT2D eigenvalue weighted by Gasteiger charge is 2.37. The Morgan fingerprint density at radius 1 is 0.958 bits per heavy atom. The topological polar surface area (TPSA) is 57.7 Å². The first kappa shape index (κ1) is 16.1. The fourth-order valence-corrected chi connectivity index (χ4v) is 3.33. The van der Waals surface area contributed by atoms with Crippen molar-refractivity contribution < 1.29 is 18.8 Å². The van der Waals surface area contributed by atoms with E-state index in [9.17, 15) is 18.8 Å². The first-order chi connectivity index (χ1) is 11.4. The summed E-state index contributed by atoms with van der Waals surface area (Å²) >= 11 is 1.26. The van der Waals surface area contributed by atoms with Crippen molar-refractivity contribution >= 4 is 35.3 Å². The number of rotatable bonds is 2. The van der Waals surface area contributed by atoms with Gasteiger partial charge in [-0.1, -0.05) is 18.2 Å². The fraction of sp³-hybridized carbons (Fsp3) is 0.118. The number of imide groups is 2. The minimum atomic E-state index is -0.666. The monoisotopic (exact) mass is 344 g/mol. The van der Waals surface area contributed by atoms with Crippen LogP contribution in [0.15, 0.2) is 42.0 Å². The SMILES string of the molecule is CN1C(=O)C(=Cc2ccc(-c3ccccc3F)s2)C(=O)N(C)C1=O. The number of thiophene rings is 1. The summed E-state index contributed by atoms with van der Waals surface area (Å²) < 4.78 is 13.8. The maximum atomic E-state index is 13.8. The summed E-state index contributed by atoms with van der Waals surface area (Å²) in [5.74, 6) is -1.64. The molecule has 2 aromatic rings. The van der Waals surface area contributed by atoms with Gasteiger partial charge in [-0.2, -0.15) is 0 Å². The van der Waals surface area contributed by atoms with Gasteiger partial charge in [-0.3, -0.25) is 19.4 Å². The van der Waals surface area contributed by atoms with E-state index in [0.717, 1.165) is 9.80 Å². The maximum absolute atomic E-state index is 13.8. The number of barbiturate groups is 1.